The van der Waals surface area contributed by atoms with Crippen molar-refractivity contribution in [2.75, 3.05) is 0 Å². The molecular formula is C10H20NO. The van der Waals surface area contributed by atoms with E-state index in [2.05, 4.69) is 20.8 Å². The van der Waals surface area contributed by atoms with Crippen LogP contribution in [0.15, 0.2) is 0 Å². The van der Waals surface area contributed by atoms with Crippen LogP contribution in [0.4, 0.5) is 0 Å². The molecule has 0 spiro atoms. The van der Waals surface area contributed by atoms with Crippen LogP contribution in [0, 0.1) is 12.3 Å². The zero-order chi connectivity index (χ0) is 9.61. The number of hydrogen-bond acceptors (Lipinski definition) is 1. The van der Waals surface area contributed by atoms with Crippen molar-refractivity contribution in [3.8, 4) is 0 Å². The van der Waals surface area contributed by atoms with Crippen molar-refractivity contribution in [3.63, 3.8) is 0 Å². The molecule has 2 heteroatoms. The van der Waals surface area contributed by atoms with E-state index in [1.807, 2.05) is 0 Å². The highest BCUT2D eigenvalue weighted by Gasteiger charge is 2.32. The lowest BCUT2D eigenvalue weighted by Gasteiger charge is -2.28. The molecule has 1 amide bonds. The lowest BCUT2D eigenvalue weighted by molar-refractivity contribution is -0.128. The molecule has 0 bridgehead atoms. The van der Waals surface area contributed by atoms with Gasteiger partial charge in [-0.05, 0) is 19.3 Å². The smallest absolute Gasteiger partial charge is 0.223 e. The predicted octanol–water partition coefficient (Wildman–Crippen LogP) is 2.28. The van der Waals surface area contributed by atoms with E-state index in [-0.39, 0.29) is 11.3 Å². The molecule has 0 aromatic rings. The fraction of sp³-hybridized carbons (Fsp3) is 0.800. The zero-order valence-electron chi connectivity index (χ0n) is 8.23. The van der Waals surface area contributed by atoms with Gasteiger partial charge >= 0.3 is 0 Å². The van der Waals surface area contributed by atoms with Gasteiger partial charge in [-0.25, -0.2) is 0 Å². The Bertz CT molecular complexity index is 137. The van der Waals surface area contributed by atoms with Crippen LogP contribution < -0.4 is 5.73 Å². The van der Waals surface area contributed by atoms with Gasteiger partial charge in [0.25, 0.3) is 0 Å². The lowest BCUT2D eigenvalue weighted by Crippen LogP contribution is -2.36. The first-order valence-electron chi connectivity index (χ1n) is 4.72. The minimum absolute atomic E-state index is 0.179. The summed E-state index contributed by atoms with van der Waals surface area (Å²) in [4.78, 5) is 11.2. The molecule has 1 radical (unpaired) electrons. The van der Waals surface area contributed by atoms with Gasteiger partial charge < -0.3 is 5.73 Å². The SMILES string of the molecule is [CH2]CC(CCC)(CCC)C(N)=O. The average molecular weight is 170 g/mol. The van der Waals surface area contributed by atoms with Gasteiger partial charge in [0.2, 0.25) is 5.91 Å². The van der Waals surface area contributed by atoms with Gasteiger partial charge in [0, 0.05) is 5.41 Å². The molecule has 2 N–H and O–H groups in total. The van der Waals surface area contributed by atoms with Gasteiger partial charge in [-0.1, -0.05) is 33.6 Å². The molecule has 0 unspecified atom stereocenters. The van der Waals surface area contributed by atoms with E-state index in [1.54, 1.807) is 0 Å². The molecular weight excluding hydrogens is 150 g/mol. The molecule has 0 aliphatic carbocycles. The molecule has 0 atom stereocenters. The van der Waals surface area contributed by atoms with E-state index in [1.165, 1.54) is 0 Å². The van der Waals surface area contributed by atoms with Gasteiger partial charge in [0.1, 0.15) is 0 Å². The largest absolute Gasteiger partial charge is 0.369 e. The number of primary amides is 1. The third kappa shape index (κ3) is 2.50. The molecule has 0 heterocycles. The summed E-state index contributed by atoms with van der Waals surface area (Å²) in [6.07, 6.45) is 4.38. The highest BCUT2D eigenvalue weighted by Crippen LogP contribution is 2.32. The summed E-state index contributed by atoms with van der Waals surface area (Å²) in [5.41, 5.74) is 5.05. The van der Waals surface area contributed by atoms with Gasteiger partial charge in [-0.3, -0.25) is 4.79 Å². The second-order valence-corrected chi connectivity index (χ2v) is 3.39. The maximum Gasteiger partial charge on any atom is 0.223 e. The third-order valence-corrected chi connectivity index (χ3v) is 2.46. The van der Waals surface area contributed by atoms with Crippen LogP contribution in [-0.4, -0.2) is 5.91 Å². The molecule has 12 heavy (non-hydrogen) atoms. The van der Waals surface area contributed by atoms with Gasteiger partial charge in [-0.2, -0.15) is 0 Å². The Morgan fingerprint density at radius 2 is 1.75 bits per heavy atom. The van der Waals surface area contributed by atoms with Crippen LogP contribution in [0.1, 0.15) is 46.0 Å². The Kier molecular flexibility index (Phi) is 4.95. The molecule has 0 rings (SSSR count). The van der Waals surface area contributed by atoms with Gasteiger partial charge in [0.05, 0.1) is 0 Å². The minimum atomic E-state index is -0.330. The molecule has 0 aliphatic heterocycles. The fourth-order valence-corrected chi connectivity index (χ4v) is 1.70. The van der Waals surface area contributed by atoms with Crippen molar-refractivity contribution in [1.82, 2.24) is 0 Å². The highest BCUT2D eigenvalue weighted by atomic mass is 16.1. The molecule has 2 nitrogen and oxygen atoms in total. The maximum atomic E-state index is 11.2. The van der Waals surface area contributed by atoms with E-state index >= 15 is 0 Å². The van der Waals surface area contributed by atoms with Crippen LogP contribution in [0.3, 0.4) is 0 Å². The monoisotopic (exact) mass is 170 g/mol. The van der Waals surface area contributed by atoms with Crippen molar-refractivity contribution in [2.45, 2.75) is 46.0 Å². The molecule has 0 saturated heterocycles. The number of nitrogens with two attached hydrogens (primary N) is 1. The third-order valence-electron chi connectivity index (χ3n) is 2.46. The van der Waals surface area contributed by atoms with Crippen molar-refractivity contribution >= 4 is 5.91 Å². The predicted molar refractivity (Wildman–Crippen MR) is 51.4 cm³/mol. The van der Waals surface area contributed by atoms with Crippen LogP contribution in [-0.2, 0) is 4.79 Å². The van der Waals surface area contributed by atoms with Crippen molar-refractivity contribution < 1.29 is 4.79 Å². The molecule has 71 valence electrons. The van der Waals surface area contributed by atoms with E-state index < -0.39 is 0 Å². The standard InChI is InChI=1S/C10H20NO/c1-4-7-10(6-3,8-5-2)9(11)12/h3-8H2,1-2H3,(H2,11,12). The molecule has 0 aliphatic rings. The Balaban J connectivity index is 4.39. The van der Waals surface area contributed by atoms with Crippen molar-refractivity contribution in [1.29, 1.82) is 0 Å². The quantitative estimate of drug-likeness (QED) is 0.653. The Morgan fingerprint density at radius 3 is 1.92 bits per heavy atom. The summed E-state index contributed by atoms with van der Waals surface area (Å²) in [5, 5.41) is 0. The first-order chi connectivity index (χ1) is 5.63. The summed E-state index contributed by atoms with van der Waals surface area (Å²) in [7, 11) is 0. The second-order valence-electron chi connectivity index (χ2n) is 3.39. The average Bonchev–Trinajstić information content (AvgIpc) is 2.03. The van der Waals surface area contributed by atoms with Crippen LogP contribution in [0.5, 0.6) is 0 Å². The lowest BCUT2D eigenvalue weighted by atomic mass is 9.76. The number of hydrogen-bond donors (Lipinski definition) is 1. The first kappa shape index (κ1) is 11.5. The number of carbonyl (C=O) groups is 1. The van der Waals surface area contributed by atoms with Crippen LogP contribution >= 0.6 is 0 Å². The minimum Gasteiger partial charge on any atom is -0.369 e. The van der Waals surface area contributed by atoms with Gasteiger partial charge in [0.15, 0.2) is 0 Å². The van der Waals surface area contributed by atoms with Crippen molar-refractivity contribution in [2.24, 2.45) is 11.1 Å². The van der Waals surface area contributed by atoms with E-state index in [0.717, 1.165) is 25.7 Å². The number of amides is 1. The maximum absolute atomic E-state index is 11.2. The molecule has 0 aromatic heterocycles. The Morgan fingerprint density at radius 1 is 1.33 bits per heavy atom. The molecule has 0 aromatic carbocycles. The zero-order valence-corrected chi connectivity index (χ0v) is 8.23. The molecule has 0 saturated carbocycles. The summed E-state index contributed by atoms with van der Waals surface area (Å²) in [6, 6.07) is 0. The highest BCUT2D eigenvalue weighted by molar-refractivity contribution is 5.80. The number of rotatable bonds is 6. The Hall–Kier alpha value is -0.530. The summed E-state index contributed by atoms with van der Waals surface area (Å²) in [6.45, 7) is 7.96. The molecule has 0 fully saturated rings. The van der Waals surface area contributed by atoms with E-state index in [0.29, 0.717) is 6.42 Å². The number of carbonyl (C=O) groups excluding carboxylic acids is 1. The summed E-state index contributed by atoms with van der Waals surface area (Å²) < 4.78 is 0. The van der Waals surface area contributed by atoms with Gasteiger partial charge in [-0.15, -0.1) is 0 Å². The Labute approximate surface area is 75.5 Å². The first-order valence-corrected chi connectivity index (χ1v) is 4.72. The summed E-state index contributed by atoms with van der Waals surface area (Å²) in [5.74, 6) is -0.179. The van der Waals surface area contributed by atoms with Crippen molar-refractivity contribution in [3.05, 3.63) is 6.92 Å². The topological polar surface area (TPSA) is 43.1 Å². The fourth-order valence-electron chi connectivity index (χ4n) is 1.70. The van der Waals surface area contributed by atoms with E-state index in [9.17, 15) is 4.79 Å². The van der Waals surface area contributed by atoms with Crippen LogP contribution in [0.2, 0.25) is 0 Å². The summed E-state index contributed by atoms with van der Waals surface area (Å²) >= 11 is 0. The van der Waals surface area contributed by atoms with E-state index in [4.69, 9.17) is 5.73 Å². The van der Waals surface area contributed by atoms with Crippen LogP contribution in [0.25, 0.3) is 0 Å². The second kappa shape index (κ2) is 5.18. The normalized spacial score (nSPS) is 11.6.